The number of benzene rings is 1. The highest BCUT2D eigenvalue weighted by atomic mass is 32.2. The van der Waals surface area contributed by atoms with Crippen molar-refractivity contribution in [3.63, 3.8) is 0 Å². The summed E-state index contributed by atoms with van der Waals surface area (Å²) >= 11 is 2.01. The van der Waals surface area contributed by atoms with Gasteiger partial charge in [-0.2, -0.15) is 0 Å². The number of allylic oxidation sites excluding steroid dienone is 1. The van der Waals surface area contributed by atoms with Gasteiger partial charge in [-0.25, -0.2) is 0 Å². The Bertz CT molecular complexity index is 461. The molecule has 0 saturated heterocycles. The van der Waals surface area contributed by atoms with Crippen LogP contribution in [0.1, 0.15) is 34.1 Å². The topological polar surface area (TPSA) is 20.2 Å². The highest BCUT2D eigenvalue weighted by Gasteiger charge is 2.47. The summed E-state index contributed by atoms with van der Waals surface area (Å²) in [5.74, 6) is 0. The molecule has 1 heterocycles. The van der Waals surface area contributed by atoms with Crippen LogP contribution in [0.4, 0.5) is 0 Å². The molecule has 3 heteroatoms. The molecule has 1 aliphatic rings. The Morgan fingerprint density at radius 3 is 2.29 bits per heavy atom. The van der Waals surface area contributed by atoms with E-state index in [0.29, 0.717) is 4.87 Å². The molecule has 1 aromatic carbocycles. The maximum atomic E-state index is 10.3. The van der Waals surface area contributed by atoms with Crippen LogP contribution in [0.2, 0.25) is 17.1 Å². The van der Waals surface area contributed by atoms with E-state index in [1.807, 2.05) is 17.8 Å². The minimum absolute atomic E-state index is 0.280. The zero-order valence-corrected chi connectivity index (χ0v) is 15.4. The molecule has 0 aliphatic carbocycles. The van der Waals surface area contributed by atoms with Crippen molar-refractivity contribution in [2.45, 2.75) is 67.1 Å². The van der Waals surface area contributed by atoms with Crippen molar-refractivity contribution in [2.75, 3.05) is 0 Å². The fourth-order valence-electron chi connectivity index (χ4n) is 3.78. The molecule has 1 N–H and O–H groups in total. The van der Waals surface area contributed by atoms with Crippen molar-refractivity contribution in [3.05, 3.63) is 42.5 Å². The molecular formula is C18H28OSSi. The van der Waals surface area contributed by atoms with E-state index in [0.717, 1.165) is 17.5 Å². The van der Waals surface area contributed by atoms with Crippen molar-refractivity contribution in [1.82, 2.24) is 0 Å². The van der Waals surface area contributed by atoms with E-state index in [-0.39, 0.29) is 6.10 Å². The summed E-state index contributed by atoms with van der Waals surface area (Å²) < 4.78 is 0. The van der Waals surface area contributed by atoms with Crippen LogP contribution in [-0.2, 0) is 0 Å². The summed E-state index contributed by atoms with van der Waals surface area (Å²) in [5, 5.41) is 10.3. The zero-order chi connectivity index (χ0) is 15.5. The number of hydrogen-bond acceptors (Lipinski definition) is 2. The lowest BCUT2D eigenvalue weighted by atomic mass is 10.2. The van der Waals surface area contributed by atoms with Crippen molar-refractivity contribution >= 4 is 19.8 Å². The van der Waals surface area contributed by atoms with Crippen molar-refractivity contribution < 1.29 is 5.11 Å². The van der Waals surface area contributed by atoms with Crippen LogP contribution in [0.3, 0.4) is 0 Å². The lowest BCUT2D eigenvalue weighted by molar-refractivity contribution is 0.217. The van der Waals surface area contributed by atoms with Gasteiger partial charge in [-0.05, 0) is 35.7 Å². The molecule has 0 fully saturated rings. The van der Waals surface area contributed by atoms with Crippen LogP contribution in [-0.4, -0.2) is 24.2 Å². The van der Waals surface area contributed by atoms with Crippen molar-refractivity contribution in [2.24, 2.45) is 0 Å². The molecule has 0 bridgehead atoms. The second-order valence-corrected chi connectivity index (χ2v) is 14.1. The van der Waals surface area contributed by atoms with Gasteiger partial charge in [0.2, 0.25) is 0 Å². The molecule has 116 valence electrons. The van der Waals surface area contributed by atoms with Crippen LogP contribution in [0.25, 0.3) is 0 Å². The molecular weight excluding hydrogens is 292 g/mol. The van der Waals surface area contributed by atoms with Gasteiger partial charge in [0.25, 0.3) is 0 Å². The van der Waals surface area contributed by atoms with E-state index in [4.69, 9.17) is 0 Å². The van der Waals surface area contributed by atoms with Crippen LogP contribution in [0, 0.1) is 0 Å². The van der Waals surface area contributed by atoms with E-state index in [1.54, 1.807) is 0 Å². The maximum absolute atomic E-state index is 10.3. The molecule has 1 nitrogen and oxygen atoms in total. The van der Waals surface area contributed by atoms with Gasteiger partial charge in [-0.15, -0.1) is 11.8 Å². The fourth-order valence-corrected chi connectivity index (χ4v) is 13.2. The summed E-state index contributed by atoms with van der Waals surface area (Å²) in [7, 11) is -1.53. The van der Waals surface area contributed by atoms with Crippen LogP contribution < -0.4 is 0 Å². The molecule has 2 atom stereocenters. The molecule has 0 radical (unpaired) electrons. The van der Waals surface area contributed by atoms with Gasteiger partial charge in [0, 0.05) is 9.77 Å². The van der Waals surface area contributed by atoms with Crippen molar-refractivity contribution in [1.29, 1.82) is 0 Å². The monoisotopic (exact) mass is 320 g/mol. The van der Waals surface area contributed by atoms with Gasteiger partial charge in [0.1, 0.15) is 0 Å². The number of hydrogen-bond donors (Lipinski definition) is 1. The molecule has 0 spiro atoms. The zero-order valence-electron chi connectivity index (χ0n) is 13.6. The van der Waals surface area contributed by atoms with Gasteiger partial charge < -0.3 is 5.11 Å². The van der Waals surface area contributed by atoms with E-state index in [9.17, 15) is 5.11 Å². The van der Waals surface area contributed by atoms with Gasteiger partial charge in [0.15, 0.2) is 0 Å². The minimum Gasteiger partial charge on any atom is -0.389 e. The first-order chi connectivity index (χ1) is 9.96. The lowest BCUT2D eigenvalue weighted by Gasteiger charge is -2.44. The summed E-state index contributed by atoms with van der Waals surface area (Å²) in [6, 6.07) is 11.9. The summed E-state index contributed by atoms with van der Waals surface area (Å²) in [6.45, 7) is 9.60. The van der Waals surface area contributed by atoms with Crippen LogP contribution >= 0.6 is 11.8 Å². The summed E-state index contributed by atoms with van der Waals surface area (Å²) in [6.07, 6.45) is 4.91. The predicted octanol–water partition coefficient (Wildman–Crippen LogP) is 5.28. The Morgan fingerprint density at radius 1 is 1.10 bits per heavy atom. The second-order valence-electron chi connectivity index (χ2n) is 6.78. The minimum atomic E-state index is -1.53. The normalized spacial score (nSPS) is 25.3. The molecule has 0 amide bonds. The average Bonchev–Trinajstić information content (AvgIpc) is 2.59. The molecule has 1 aromatic rings. The number of rotatable bonds is 4. The molecule has 0 saturated carbocycles. The Morgan fingerprint density at radius 2 is 1.71 bits per heavy atom. The molecule has 0 aromatic heterocycles. The average molecular weight is 321 g/mol. The SMILES string of the molecule is CC(C)[Si]1(C(C)C)CC=CC(O)CC1Sc1ccccc1. The molecule has 1 aliphatic heterocycles. The Labute approximate surface area is 134 Å². The summed E-state index contributed by atoms with van der Waals surface area (Å²) in [5.41, 5.74) is 1.46. The second kappa shape index (κ2) is 7.17. The molecule has 21 heavy (non-hydrogen) atoms. The number of aliphatic hydroxyl groups excluding tert-OH is 1. The van der Waals surface area contributed by atoms with E-state index >= 15 is 0 Å². The van der Waals surface area contributed by atoms with Gasteiger partial charge in [-0.1, -0.05) is 58.0 Å². The third-order valence-corrected chi connectivity index (χ3v) is 14.4. The van der Waals surface area contributed by atoms with Crippen LogP contribution in [0.5, 0.6) is 0 Å². The van der Waals surface area contributed by atoms with Gasteiger partial charge in [0.05, 0.1) is 14.2 Å². The maximum Gasteiger partial charge on any atom is 0.0771 e. The smallest absolute Gasteiger partial charge is 0.0771 e. The number of thioether (sulfide) groups is 1. The summed E-state index contributed by atoms with van der Waals surface area (Å²) in [4.78, 5) is 1.92. The van der Waals surface area contributed by atoms with Gasteiger partial charge >= 0.3 is 0 Å². The third-order valence-electron chi connectivity index (χ3n) is 5.06. The lowest BCUT2D eigenvalue weighted by Crippen LogP contribution is -2.51. The van der Waals surface area contributed by atoms with Crippen molar-refractivity contribution in [3.8, 4) is 0 Å². The fraction of sp³-hybridized carbons (Fsp3) is 0.556. The first kappa shape index (κ1) is 16.9. The van der Waals surface area contributed by atoms with Gasteiger partial charge in [-0.3, -0.25) is 0 Å². The van der Waals surface area contributed by atoms with Crippen LogP contribution in [0.15, 0.2) is 47.4 Å². The Hall–Kier alpha value is -0.513. The Balaban J connectivity index is 2.35. The highest BCUT2D eigenvalue weighted by Crippen LogP contribution is 2.48. The first-order valence-electron chi connectivity index (χ1n) is 8.03. The standard InChI is InChI=1S/C18H28OSSi/c1-14(2)21(15(3)4)12-8-9-16(19)13-18(21)20-17-10-6-5-7-11-17/h5-11,14-16,18-19H,12-13H2,1-4H3. The van der Waals surface area contributed by atoms with E-state index in [2.05, 4.69) is 64.1 Å². The van der Waals surface area contributed by atoms with E-state index in [1.165, 1.54) is 10.9 Å². The first-order valence-corrected chi connectivity index (χ1v) is 11.3. The predicted molar refractivity (Wildman–Crippen MR) is 96.6 cm³/mol. The largest absolute Gasteiger partial charge is 0.389 e. The number of aliphatic hydroxyl groups is 1. The van der Waals surface area contributed by atoms with E-state index < -0.39 is 8.07 Å². The Kier molecular flexibility index (Phi) is 5.75. The highest BCUT2D eigenvalue weighted by molar-refractivity contribution is 8.01. The third kappa shape index (κ3) is 3.64. The molecule has 2 rings (SSSR count). The molecule has 2 unspecified atom stereocenters. The quantitative estimate of drug-likeness (QED) is 0.602.